The molecule has 1 rings (SSSR count). The largest absolute Gasteiger partial charge is 0.508 e. The van der Waals surface area contributed by atoms with Crippen LogP contribution in [0.5, 0.6) is 5.75 Å². The van der Waals surface area contributed by atoms with E-state index in [1.165, 1.54) is 18.2 Å². The first-order valence-electron chi connectivity index (χ1n) is 3.65. The average molecular weight is 156 g/mol. The molecule has 1 nitrogen and oxygen atoms in total. The van der Waals surface area contributed by atoms with Gasteiger partial charge in [-0.25, -0.2) is 4.39 Å². The number of halogens is 1. The molecule has 1 N–H and O–H groups in total. The van der Waals surface area contributed by atoms with Gasteiger partial charge in [-0.05, 0) is 30.7 Å². The SMILES string of the molecule is CC.Cc1cc(F)ccc1O. The van der Waals surface area contributed by atoms with E-state index in [0.717, 1.165) is 0 Å². The molecule has 0 spiro atoms. The molecule has 0 aliphatic heterocycles. The zero-order chi connectivity index (χ0) is 8.85. The maximum Gasteiger partial charge on any atom is 0.123 e. The predicted octanol–water partition coefficient (Wildman–Crippen LogP) is 2.87. The van der Waals surface area contributed by atoms with Crippen LogP contribution in [0.3, 0.4) is 0 Å². The standard InChI is InChI=1S/C7H7FO.C2H6/c1-5-4-6(8)2-3-7(5)9;1-2/h2-4,9H,1H3;1-2H3. The summed E-state index contributed by atoms with van der Waals surface area (Å²) in [6, 6.07) is 3.85. The zero-order valence-electron chi connectivity index (χ0n) is 7.06. The van der Waals surface area contributed by atoms with Crippen LogP contribution in [0.15, 0.2) is 18.2 Å². The monoisotopic (exact) mass is 156 g/mol. The third-order valence-corrected chi connectivity index (χ3v) is 1.16. The van der Waals surface area contributed by atoms with Gasteiger partial charge >= 0.3 is 0 Å². The van der Waals surface area contributed by atoms with Gasteiger partial charge in [0.15, 0.2) is 0 Å². The van der Waals surface area contributed by atoms with Crippen LogP contribution in [0.1, 0.15) is 19.4 Å². The highest BCUT2D eigenvalue weighted by atomic mass is 19.1. The first-order chi connectivity index (χ1) is 5.20. The van der Waals surface area contributed by atoms with E-state index in [4.69, 9.17) is 5.11 Å². The first-order valence-corrected chi connectivity index (χ1v) is 3.65. The molecule has 0 aliphatic carbocycles. The number of rotatable bonds is 0. The molecule has 0 heterocycles. The van der Waals surface area contributed by atoms with Crippen molar-refractivity contribution >= 4 is 0 Å². The number of phenols is 1. The molecule has 0 unspecified atom stereocenters. The van der Waals surface area contributed by atoms with Gasteiger partial charge in [0, 0.05) is 0 Å². The minimum atomic E-state index is -0.315. The van der Waals surface area contributed by atoms with Crippen LogP contribution in [0.25, 0.3) is 0 Å². The maximum atomic E-state index is 12.2. The van der Waals surface area contributed by atoms with Crippen LogP contribution in [0, 0.1) is 12.7 Å². The molecule has 0 fully saturated rings. The van der Waals surface area contributed by atoms with E-state index in [-0.39, 0.29) is 11.6 Å². The number of aromatic hydroxyl groups is 1. The molecule has 0 radical (unpaired) electrons. The van der Waals surface area contributed by atoms with Crippen LogP contribution in [0.2, 0.25) is 0 Å². The third-order valence-electron chi connectivity index (χ3n) is 1.16. The van der Waals surface area contributed by atoms with Crippen molar-refractivity contribution in [2.75, 3.05) is 0 Å². The lowest BCUT2D eigenvalue weighted by molar-refractivity contribution is 0.468. The number of benzene rings is 1. The number of phenolic OH excluding ortho intramolecular Hbond substituents is 1. The molecule has 62 valence electrons. The Morgan fingerprint density at radius 2 is 1.82 bits per heavy atom. The van der Waals surface area contributed by atoms with Gasteiger partial charge < -0.3 is 5.11 Å². The number of hydrogen-bond acceptors (Lipinski definition) is 1. The number of hydrogen-bond donors (Lipinski definition) is 1. The van der Waals surface area contributed by atoms with Crippen molar-refractivity contribution in [3.63, 3.8) is 0 Å². The lowest BCUT2D eigenvalue weighted by atomic mass is 10.2. The lowest BCUT2D eigenvalue weighted by Gasteiger charge is -1.94. The Balaban J connectivity index is 0.000000461. The summed E-state index contributed by atoms with van der Waals surface area (Å²) in [5, 5.41) is 8.88. The van der Waals surface area contributed by atoms with Gasteiger partial charge in [-0.1, -0.05) is 13.8 Å². The fourth-order valence-electron chi connectivity index (χ4n) is 0.619. The van der Waals surface area contributed by atoms with E-state index in [0.29, 0.717) is 5.56 Å². The molecule has 11 heavy (non-hydrogen) atoms. The van der Waals surface area contributed by atoms with Crippen LogP contribution in [-0.4, -0.2) is 5.11 Å². The second kappa shape index (κ2) is 4.72. The minimum Gasteiger partial charge on any atom is -0.508 e. The lowest BCUT2D eigenvalue weighted by Crippen LogP contribution is -1.76. The molecule has 1 aromatic rings. The Hall–Kier alpha value is -1.05. The van der Waals surface area contributed by atoms with E-state index < -0.39 is 0 Å². The summed E-state index contributed by atoms with van der Waals surface area (Å²) >= 11 is 0. The summed E-state index contributed by atoms with van der Waals surface area (Å²) in [6.07, 6.45) is 0. The highest BCUT2D eigenvalue weighted by Gasteiger charge is 1.94. The summed E-state index contributed by atoms with van der Waals surface area (Å²) in [5.74, 6) is -0.179. The third kappa shape index (κ3) is 3.03. The molecule has 0 aliphatic rings. The fraction of sp³-hybridized carbons (Fsp3) is 0.333. The molecule has 0 saturated carbocycles. The van der Waals surface area contributed by atoms with Gasteiger partial charge in [-0.2, -0.15) is 0 Å². The van der Waals surface area contributed by atoms with Gasteiger partial charge in [-0.15, -0.1) is 0 Å². The highest BCUT2D eigenvalue weighted by Crippen LogP contribution is 2.15. The van der Waals surface area contributed by atoms with E-state index in [1.807, 2.05) is 13.8 Å². The smallest absolute Gasteiger partial charge is 0.123 e. The Morgan fingerprint density at radius 1 is 1.27 bits per heavy atom. The molecule has 0 amide bonds. The van der Waals surface area contributed by atoms with E-state index >= 15 is 0 Å². The van der Waals surface area contributed by atoms with E-state index in [9.17, 15) is 4.39 Å². The normalized spacial score (nSPS) is 8.36. The Bertz CT molecular complexity index is 221. The van der Waals surface area contributed by atoms with Gasteiger partial charge in [0.2, 0.25) is 0 Å². The summed E-state index contributed by atoms with van der Waals surface area (Å²) in [5.41, 5.74) is 0.565. The van der Waals surface area contributed by atoms with Gasteiger partial charge in [-0.3, -0.25) is 0 Å². The van der Waals surface area contributed by atoms with Crippen LogP contribution in [0.4, 0.5) is 4.39 Å². The van der Waals surface area contributed by atoms with E-state index in [1.54, 1.807) is 6.92 Å². The number of aryl methyl sites for hydroxylation is 1. The molecule has 0 atom stereocenters. The molecule has 0 bridgehead atoms. The van der Waals surface area contributed by atoms with Crippen LogP contribution >= 0.6 is 0 Å². The summed E-state index contributed by atoms with van der Waals surface area (Å²) in [6.45, 7) is 5.65. The van der Waals surface area contributed by atoms with Crippen molar-refractivity contribution in [2.45, 2.75) is 20.8 Å². The Morgan fingerprint density at radius 3 is 2.18 bits per heavy atom. The van der Waals surface area contributed by atoms with Crippen LogP contribution in [-0.2, 0) is 0 Å². The second-order valence-electron chi connectivity index (χ2n) is 1.93. The highest BCUT2D eigenvalue weighted by molar-refractivity contribution is 5.30. The van der Waals surface area contributed by atoms with Gasteiger partial charge in [0.05, 0.1) is 0 Å². The van der Waals surface area contributed by atoms with Crippen molar-refractivity contribution in [3.8, 4) is 5.75 Å². The molecular formula is C9H13FO. The minimum absolute atomic E-state index is 0.136. The molecular weight excluding hydrogens is 143 g/mol. The van der Waals surface area contributed by atoms with Crippen molar-refractivity contribution in [1.29, 1.82) is 0 Å². The molecule has 0 aromatic heterocycles. The molecule has 0 saturated heterocycles. The van der Waals surface area contributed by atoms with Crippen LogP contribution < -0.4 is 0 Å². The first kappa shape index (κ1) is 9.95. The maximum absolute atomic E-state index is 12.2. The Kier molecular flexibility index (Phi) is 4.27. The van der Waals surface area contributed by atoms with Crippen molar-refractivity contribution < 1.29 is 9.50 Å². The summed E-state index contributed by atoms with van der Waals surface area (Å²) in [7, 11) is 0. The molecule has 1 aromatic carbocycles. The van der Waals surface area contributed by atoms with Crippen molar-refractivity contribution in [3.05, 3.63) is 29.6 Å². The van der Waals surface area contributed by atoms with E-state index in [2.05, 4.69) is 0 Å². The van der Waals surface area contributed by atoms with Gasteiger partial charge in [0.1, 0.15) is 11.6 Å². The predicted molar refractivity (Wildman–Crippen MR) is 44.1 cm³/mol. The van der Waals surface area contributed by atoms with Gasteiger partial charge in [0.25, 0.3) is 0 Å². The Labute approximate surface area is 66.5 Å². The fourth-order valence-corrected chi connectivity index (χ4v) is 0.619. The summed E-state index contributed by atoms with van der Waals surface area (Å²) < 4.78 is 12.2. The van der Waals surface area contributed by atoms with Crippen molar-refractivity contribution in [1.82, 2.24) is 0 Å². The molecule has 2 heteroatoms. The second-order valence-corrected chi connectivity index (χ2v) is 1.93. The topological polar surface area (TPSA) is 20.2 Å². The summed E-state index contributed by atoms with van der Waals surface area (Å²) in [4.78, 5) is 0. The van der Waals surface area contributed by atoms with Crippen molar-refractivity contribution in [2.24, 2.45) is 0 Å². The quantitative estimate of drug-likeness (QED) is 0.612. The average Bonchev–Trinajstić information content (AvgIpc) is 2.02. The zero-order valence-corrected chi connectivity index (χ0v) is 7.06.